The van der Waals surface area contributed by atoms with E-state index >= 15 is 0 Å². The molecule has 25 heavy (non-hydrogen) atoms. The lowest BCUT2D eigenvalue weighted by Gasteiger charge is -2.11. The lowest BCUT2D eigenvalue weighted by Crippen LogP contribution is -2.19. The molecular formula is C20H19NO4. The van der Waals surface area contributed by atoms with E-state index in [4.69, 9.17) is 9.47 Å². The van der Waals surface area contributed by atoms with Gasteiger partial charge in [-0.2, -0.15) is 0 Å². The average Bonchev–Trinajstić information content (AvgIpc) is 3.02. The summed E-state index contributed by atoms with van der Waals surface area (Å²) in [4.78, 5) is 24.6. The van der Waals surface area contributed by atoms with Crippen molar-refractivity contribution in [3.8, 4) is 5.75 Å². The zero-order valence-electron chi connectivity index (χ0n) is 14.4. The maximum atomic E-state index is 12.6. The minimum atomic E-state index is -0.474. The Kier molecular flexibility index (Phi) is 4.57. The molecule has 0 radical (unpaired) electrons. The van der Waals surface area contributed by atoms with Crippen LogP contribution in [0, 0.1) is 13.8 Å². The fraction of sp³-hybridized carbons (Fsp3) is 0.200. The first-order valence-electron chi connectivity index (χ1n) is 7.93. The van der Waals surface area contributed by atoms with Crippen molar-refractivity contribution in [1.82, 2.24) is 4.57 Å². The molecule has 0 amide bonds. The molecule has 0 aliphatic heterocycles. The van der Waals surface area contributed by atoms with Gasteiger partial charge < -0.3 is 9.47 Å². The molecule has 5 nitrogen and oxygen atoms in total. The first-order valence-corrected chi connectivity index (χ1v) is 7.93. The number of hydrogen-bond donors (Lipinski definition) is 0. The number of aryl methyl sites for hydroxylation is 1. The van der Waals surface area contributed by atoms with Crippen LogP contribution in [0.25, 0.3) is 10.9 Å². The Morgan fingerprint density at radius 1 is 1.04 bits per heavy atom. The van der Waals surface area contributed by atoms with E-state index in [2.05, 4.69) is 0 Å². The van der Waals surface area contributed by atoms with Gasteiger partial charge in [-0.25, -0.2) is 4.79 Å². The molecule has 3 aromatic rings. The van der Waals surface area contributed by atoms with Crippen molar-refractivity contribution in [2.24, 2.45) is 0 Å². The molecule has 1 aromatic heterocycles. The first kappa shape index (κ1) is 16.8. The van der Waals surface area contributed by atoms with Gasteiger partial charge in [0.15, 0.2) is 6.61 Å². The number of carbonyl (C=O) groups excluding carboxylic acids is 2. The molecule has 128 valence electrons. The second-order valence-electron chi connectivity index (χ2n) is 5.80. The molecule has 0 spiro atoms. The molecule has 3 rings (SSSR count). The summed E-state index contributed by atoms with van der Waals surface area (Å²) in [5.41, 5.74) is 3.11. The highest BCUT2D eigenvalue weighted by Crippen LogP contribution is 2.23. The van der Waals surface area contributed by atoms with E-state index in [1.165, 1.54) is 17.9 Å². The van der Waals surface area contributed by atoms with Crippen LogP contribution < -0.4 is 4.74 Å². The van der Waals surface area contributed by atoms with Crippen LogP contribution in [0.3, 0.4) is 0 Å². The number of hydrogen-bond acceptors (Lipinski definition) is 4. The van der Waals surface area contributed by atoms with Crippen LogP contribution in [-0.4, -0.2) is 30.2 Å². The zero-order chi connectivity index (χ0) is 18.0. The summed E-state index contributed by atoms with van der Waals surface area (Å²) in [6, 6.07) is 12.9. The molecule has 0 unspecified atom stereocenters. The van der Waals surface area contributed by atoms with Crippen molar-refractivity contribution in [2.45, 2.75) is 13.8 Å². The molecule has 2 aromatic carbocycles. The van der Waals surface area contributed by atoms with E-state index in [0.29, 0.717) is 22.2 Å². The van der Waals surface area contributed by atoms with E-state index in [1.807, 2.05) is 44.2 Å². The quantitative estimate of drug-likeness (QED) is 0.680. The van der Waals surface area contributed by atoms with Gasteiger partial charge in [0, 0.05) is 11.6 Å². The molecule has 0 saturated carbocycles. The second-order valence-corrected chi connectivity index (χ2v) is 5.80. The fourth-order valence-corrected chi connectivity index (χ4v) is 2.75. The van der Waals surface area contributed by atoms with Gasteiger partial charge in [0.1, 0.15) is 5.75 Å². The van der Waals surface area contributed by atoms with Crippen LogP contribution in [-0.2, 0) is 4.74 Å². The third-order valence-corrected chi connectivity index (χ3v) is 4.29. The summed E-state index contributed by atoms with van der Waals surface area (Å²) in [5.74, 6) is -0.0524. The number of carbonyl (C=O) groups is 2. The molecule has 0 saturated heterocycles. The van der Waals surface area contributed by atoms with Crippen LogP contribution in [0.5, 0.6) is 5.75 Å². The van der Waals surface area contributed by atoms with Crippen LogP contribution in [0.1, 0.15) is 26.3 Å². The van der Waals surface area contributed by atoms with E-state index in [1.54, 1.807) is 12.1 Å². The van der Waals surface area contributed by atoms with E-state index < -0.39 is 5.97 Å². The number of fused-ring (bicyclic) bond motifs is 1. The SMILES string of the molecule is COC(=O)c1cn(C(=O)COc2cccc(C)c2C)c2ccccc12. The predicted molar refractivity (Wildman–Crippen MR) is 95.3 cm³/mol. The van der Waals surface area contributed by atoms with E-state index in [0.717, 1.165) is 11.1 Å². The summed E-state index contributed by atoms with van der Waals surface area (Å²) >= 11 is 0. The summed E-state index contributed by atoms with van der Waals surface area (Å²) in [7, 11) is 1.32. The number of benzene rings is 2. The van der Waals surface area contributed by atoms with Crippen molar-refractivity contribution in [1.29, 1.82) is 0 Å². The Hall–Kier alpha value is -3.08. The first-order chi connectivity index (χ1) is 12.0. The number of methoxy groups -OCH3 is 1. The molecule has 0 aliphatic rings. The lowest BCUT2D eigenvalue weighted by molar-refractivity contribution is 0.0603. The minimum absolute atomic E-state index is 0.121. The number of para-hydroxylation sites is 1. The third-order valence-electron chi connectivity index (χ3n) is 4.29. The smallest absolute Gasteiger partial charge is 0.340 e. The van der Waals surface area contributed by atoms with Crippen LogP contribution in [0.2, 0.25) is 0 Å². The Labute approximate surface area is 145 Å². The van der Waals surface area contributed by atoms with Gasteiger partial charge in [-0.3, -0.25) is 9.36 Å². The highest BCUT2D eigenvalue weighted by atomic mass is 16.5. The standard InChI is InChI=1S/C20H19NO4/c1-13-7-6-10-18(14(13)2)25-12-19(22)21-11-16(20(23)24-3)15-8-4-5-9-17(15)21/h4-11H,12H2,1-3H3. The highest BCUT2D eigenvalue weighted by Gasteiger charge is 2.19. The van der Waals surface area contributed by atoms with Crippen molar-refractivity contribution in [3.05, 3.63) is 65.4 Å². The van der Waals surface area contributed by atoms with E-state index in [-0.39, 0.29) is 12.5 Å². The number of nitrogens with zero attached hydrogens (tertiary/aromatic N) is 1. The second kappa shape index (κ2) is 6.81. The average molecular weight is 337 g/mol. The topological polar surface area (TPSA) is 57.5 Å². The Morgan fingerprint density at radius 2 is 1.80 bits per heavy atom. The molecule has 5 heteroatoms. The highest BCUT2D eigenvalue weighted by molar-refractivity contribution is 6.07. The van der Waals surface area contributed by atoms with Gasteiger partial charge in [-0.1, -0.05) is 30.3 Å². The Bertz CT molecular complexity index is 955. The lowest BCUT2D eigenvalue weighted by atomic mass is 10.1. The van der Waals surface area contributed by atoms with Gasteiger partial charge in [-0.15, -0.1) is 0 Å². The zero-order valence-corrected chi connectivity index (χ0v) is 14.4. The molecule has 0 bridgehead atoms. The fourth-order valence-electron chi connectivity index (χ4n) is 2.75. The minimum Gasteiger partial charge on any atom is -0.483 e. The molecule has 0 aliphatic carbocycles. The van der Waals surface area contributed by atoms with Crippen LogP contribution in [0.15, 0.2) is 48.7 Å². The van der Waals surface area contributed by atoms with Crippen LogP contribution >= 0.6 is 0 Å². The molecule has 0 fully saturated rings. The predicted octanol–water partition coefficient (Wildman–Crippen LogP) is 3.76. The number of ether oxygens (including phenoxy) is 2. The monoisotopic (exact) mass is 337 g/mol. The van der Waals surface area contributed by atoms with Gasteiger partial charge in [0.25, 0.3) is 5.91 Å². The normalized spacial score (nSPS) is 10.7. The largest absolute Gasteiger partial charge is 0.483 e. The summed E-state index contributed by atoms with van der Waals surface area (Å²) in [6.07, 6.45) is 1.51. The van der Waals surface area contributed by atoms with Gasteiger partial charge in [-0.05, 0) is 37.1 Å². The molecular weight excluding hydrogens is 318 g/mol. The number of aromatic nitrogens is 1. The van der Waals surface area contributed by atoms with Crippen molar-refractivity contribution >= 4 is 22.8 Å². The van der Waals surface area contributed by atoms with Gasteiger partial charge >= 0.3 is 5.97 Å². The van der Waals surface area contributed by atoms with Gasteiger partial charge in [0.05, 0.1) is 18.2 Å². The maximum absolute atomic E-state index is 12.6. The summed E-state index contributed by atoms with van der Waals surface area (Å²) in [5, 5.41) is 0.675. The maximum Gasteiger partial charge on any atom is 0.340 e. The number of rotatable bonds is 4. The third kappa shape index (κ3) is 3.13. The number of esters is 1. The molecule has 0 N–H and O–H groups in total. The summed E-state index contributed by atoms with van der Waals surface area (Å²) < 4.78 is 11.9. The van der Waals surface area contributed by atoms with E-state index in [9.17, 15) is 9.59 Å². The Morgan fingerprint density at radius 3 is 2.56 bits per heavy atom. The van der Waals surface area contributed by atoms with Crippen LogP contribution in [0.4, 0.5) is 0 Å². The van der Waals surface area contributed by atoms with Crippen molar-refractivity contribution in [3.63, 3.8) is 0 Å². The Balaban J connectivity index is 1.90. The summed E-state index contributed by atoms with van der Waals surface area (Å²) in [6.45, 7) is 3.82. The van der Waals surface area contributed by atoms with Crippen molar-refractivity contribution < 1.29 is 19.1 Å². The molecule has 1 heterocycles. The van der Waals surface area contributed by atoms with Gasteiger partial charge in [0.2, 0.25) is 0 Å². The van der Waals surface area contributed by atoms with Crippen molar-refractivity contribution in [2.75, 3.05) is 13.7 Å². The molecule has 0 atom stereocenters.